The van der Waals surface area contributed by atoms with Gasteiger partial charge in [0.2, 0.25) is 11.8 Å². The van der Waals surface area contributed by atoms with Crippen LogP contribution in [0, 0.1) is 0 Å². The van der Waals surface area contributed by atoms with E-state index in [2.05, 4.69) is 16.0 Å². The Balaban J connectivity index is 1.63. The van der Waals surface area contributed by atoms with Crippen molar-refractivity contribution in [1.29, 1.82) is 0 Å². The van der Waals surface area contributed by atoms with Crippen LogP contribution in [0.15, 0.2) is 30.0 Å². The molecule has 0 aliphatic carbocycles. The molecule has 2 amide bonds. The van der Waals surface area contributed by atoms with E-state index >= 15 is 0 Å². The van der Waals surface area contributed by atoms with Crippen molar-refractivity contribution in [3.63, 3.8) is 0 Å². The zero-order chi connectivity index (χ0) is 17.1. The molecular formula is C17H19N3O3S. The number of hydrogen-bond donors (Lipinski definition) is 3. The molecule has 2 aliphatic heterocycles. The molecule has 3 rings (SSSR count). The van der Waals surface area contributed by atoms with Gasteiger partial charge in [-0.25, -0.2) is 0 Å². The minimum atomic E-state index is -0.299. The molecule has 6 nitrogen and oxygen atoms in total. The molecule has 0 aromatic heterocycles. The highest BCUT2D eigenvalue weighted by molar-refractivity contribution is 8.00. The number of nitrogens with one attached hydrogen (secondary N) is 3. The van der Waals surface area contributed by atoms with Crippen LogP contribution in [0.2, 0.25) is 0 Å². The second-order valence-corrected chi connectivity index (χ2v) is 6.96. The molecule has 0 spiro atoms. The molecule has 1 aromatic carbocycles. The number of rotatable bonds is 4. The number of allylic oxidation sites excluding steroid dienone is 1. The van der Waals surface area contributed by atoms with E-state index in [0.29, 0.717) is 12.0 Å². The van der Waals surface area contributed by atoms with Crippen molar-refractivity contribution in [2.24, 2.45) is 0 Å². The maximum Gasteiger partial charge on any atom is 0.247 e. The number of aryl methyl sites for hydroxylation is 1. The lowest BCUT2D eigenvalue weighted by Gasteiger charge is -2.24. The van der Waals surface area contributed by atoms with Crippen molar-refractivity contribution in [2.75, 3.05) is 11.1 Å². The molecule has 0 saturated heterocycles. The average molecular weight is 345 g/mol. The smallest absolute Gasteiger partial charge is 0.247 e. The molecule has 1 aromatic rings. The van der Waals surface area contributed by atoms with Gasteiger partial charge in [0, 0.05) is 29.4 Å². The summed E-state index contributed by atoms with van der Waals surface area (Å²) in [5, 5.41) is 8.73. The highest BCUT2D eigenvalue weighted by atomic mass is 32.2. The molecular weight excluding hydrogens is 326 g/mol. The highest BCUT2D eigenvalue weighted by Gasteiger charge is 2.19. The number of ketones is 1. The first-order valence-electron chi connectivity index (χ1n) is 7.84. The Hall–Kier alpha value is -2.28. The van der Waals surface area contributed by atoms with Gasteiger partial charge >= 0.3 is 0 Å². The molecule has 2 heterocycles. The zero-order valence-corrected chi connectivity index (χ0v) is 14.2. The van der Waals surface area contributed by atoms with Gasteiger partial charge in [-0.15, -0.1) is 11.8 Å². The van der Waals surface area contributed by atoms with E-state index in [1.807, 2.05) is 13.0 Å². The maximum absolute atomic E-state index is 12.4. The summed E-state index contributed by atoms with van der Waals surface area (Å²) in [6, 6.07) is 5.40. The molecule has 2 aliphatic rings. The fourth-order valence-corrected chi connectivity index (χ4v) is 3.68. The lowest BCUT2D eigenvalue weighted by molar-refractivity contribution is -0.117. The number of Topliss-reactive ketones (excluding diaryl/α,β-unsaturated/α-hetero) is 1. The first kappa shape index (κ1) is 16.6. The molecule has 0 saturated carbocycles. The summed E-state index contributed by atoms with van der Waals surface area (Å²) in [6.45, 7) is 1.81. The predicted molar refractivity (Wildman–Crippen MR) is 93.6 cm³/mol. The molecule has 0 bridgehead atoms. The Labute approximate surface area is 144 Å². The number of carbonyl (C=O) groups excluding carboxylic acids is 3. The van der Waals surface area contributed by atoms with Gasteiger partial charge in [0.25, 0.3) is 0 Å². The maximum atomic E-state index is 12.4. The first-order valence-corrected chi connectivity index (χ1v) is 8.89. The van der Waals surface area contributed by atoms with Gasteiger partial charge in [-0.05, 0) is 43.5 Å². The molecule has 0 radical (unpaired) electrons. The van der Waals surface area contributed by atoms with Crippen LogP contribution in [0.1, 0.15) is 35.7 Å². The van der Waals surface area contributed by atoms with Gasteiger partial charge < -0.3 is 16.0 Å². The lowest BCUT2D eigenvalue weighted by atomic mass is 10.0. The Bertz CT molecular complexity index is 730. The summed E-state index contributed by atoms with van der Waals surface area (Å²) in [4.78, 5) is 35.4. The predicted octanol–water partition coefficient (Wildman–Crippen LogP) is 1.78. The van der Waals surface area contributed by atoms with Crippen molar-refractivity contribution in [3.05, 3.63) is 41.1 Å². The third kappa shape index (κ3) is 3.97. The van der Waals surface area contributed by atoms with Crippen molar-refractivity contribution >= 4 is 35.0 Å². The Morgan fingerprint density at radius 2 is 2.08 bits per heavy atom. The van der Waals surface area contributed by atoms with Gasteiger partial charge in [0.15, 0.2) is 5.78 Å². The van der Waals surface area contributed by atoms with E-state index in [-0.39, 0.29) is 28.8 Å². The molecule has 126 valence electrons. The second kappa shape index (κ2) is 7.09. The van der Waals surface area contributed by atoms with E-state index < -0.39 is 0 Å². The topological polar surface area (TPSA) is 87.3 Å². The Kier molecular flexibility index (Phi) is 4.89. The summed E-state index contributed by atoms with van der Waals surface area (Å²) in [6.07, 6.45) is 3.56. The van der Waals surface area contributed by atoms with Crippen LogP contribution in [0.4, 0.5) is 5.69 Å². The molecule has 7 heteroatoms. The van der Waals surface area contributed by atoms with Crippen molar-refractivity contribution in [2.45, 2.75) is 31.7 Å². The minimum Gasteiger partial charge on any atom is -0.360 e. The van der Waals surface area contributed by atoms with Gasteiger partial charge in [0.05, 0.1) is 5.75 Å². The van der Waals surface area contributed by atoms with Gasteiger partial charge in [-0.1, -0.05) is 0 Å². The van der Waals surface area contributed by atoms with E-state index in [9.17, 15) is 14.4 Å². The van der Waals surface area contributed by atoms with Crippen molar-refractivity contribution in [1.82, 2.24) is 10.6 Å². The van der Waals surface area contributed by atoms with Crippen LogP contribution in [0.25, 0.3) is 0 Å². The summed E-state index contributed by atoms with van der Waals surface area (Å²) in [5.74, 6) is 0.126. The van der Waals surface area contributed by atoms with E-state index in [4.69, 9.17) is 0 Å². The molecule has 0 fully saturated rings. The average Bonchev–Trinajstić information content (AvgIpc) is 2.71. The SMILES string of the molecule is CC1=CC(=O)NC(SCC(=O)c2ccc3c(c2)CCCC(=O)N3)N1. The fourth-order valence-electron chi connectivity index (χ4n) is 2.73. The van der Waals surface area contributed by atoms with Crippen LogP contribution in [0.3, 0.4) is 0 Å². The van der Waals surface area contributed by atoms with E-state index in [1.54, 1.807) is 12.1 Å². The summed E-state index contributed by atoms with van der Waals surface area (Å²) in [5.41, 5.74) is 2.91. The van der Waals surface area contributed by atoms with Crippen LogP contribution in [-0.2, 0) is 16.0 Å². The number of amides is 2. The normalized spacial score (nSPS) is 20.0. The van der Waals surface area contributed by atoms with Crippen molar-refractivity contribution < 1.29 is 14.4 Å². The van der Waals surface area contributed by atoms with Crippen LogP contribution < -0.4 is 16.0 Å². The minimum absolute atomic E-state index is 0.00151. The largest absolute Gasteiger partial charge is 0.360 e. The number of hydrogen-bond acceptors (Lipinski definition) is 5. The zero-order valence-electron chi connectivity index (χ0n) is 13.3. The third-order valence-electron chi connectivity index (χ3n) is 3.91. The Morgan fingerprint density at radius 3 is 2.88 bits per heavy atom. The fraction of sp³-hybridized carbons (Fsp3) is 0.353. The summed E-state index contributed by atoms with van der Waals surface area (Å²) in [7, 11) is 0. The second-order valence-electron chi connectivity index (χ2n) is 5.87. The van der Waals surface area contributed by atoms with Gasteiger partial charge in [0.1, 0.15) is 5.50 Å². The lowest BCUT2D eigenvalue weighted by Crippen LogP contribution is -2.46. The standard InChI is InChI=1S/C17H19N3O3S/c1-10-7-16(23)20-17(18-10)24-9-14(21)12-5-6-13-11(8-12)3-2-4-15(22)19-13/h5-8,17-18H,2-4,9H2,1H3,(H,19,22)(H,20,23). The first-order chi connectivity index (χ1) is 11.5. The van der Waals surface area contributed by atoms with Crippen LogP contribution in [-0.4, -0.2) is 28.8 Å². The molecule has 3 N–H and O–H groups in total. The number of thioether (sulfide) groups is 1. The number of fused-ring (bicyclic) bond motifs is 1. The molecule has 24 heavy (non-hydrogen) atoms. The highest BCUT2D eigenvalue weighted by Crippen LogP contribution is 2.24. The third-order valence-corrected chi connectivity index (χ3v) is 4.91. The quantitative estimate of drug-likeness (QED) is 0.724. The molecule has 1 unspecified atom stereocenters. The van der Waals surface area contributed by atoms with Crippen LogP contribution in [0.5, 0.6) is 0 Å². The number of carbonyl (C=O) groups is 3. The number of benzene rings is 1. The van der Waals surface area contributed by atoms with E-state index in [0.717, 1.165) is 29.8 Å². The molecule has 1 atom stereocenters. The number of anilines is 1. The van der Waals surface area contributed by atoms with Gasteiger partial charge in [-0.3, -0.25) is 14.4 Å². The van der Waals surface area contributed by atoms with Gasteiger partial charge in [-0.2, -0.15) is 0 Å². The monoisotopic (exact) mass is 345 g/mol. The Morgan fingerprint density at radius 1 is 1.25 bits per heavy atom. The summed E-state index contributed by atoms with van der Waals surface area (Å²) >= 11 is 1.35. The van der Waals surface area contributed by atoms with E-state index in [1.165, 1.54) is 17.8 Å². The summed E-state index contributed by atoms with van der Waals surface area (Å²) < 4.78 is 0. The van der Waals surface area contributed by atoms with Crippen LogP contribution >= 0.6 is 11.8 Å². The van der Waals surface area contributed by atoms with Crippen molar-refractivity contribution in [3.8, 4) is 0 Å².